The van der Waals surface area contributed by atoms with Crippen LogP contribution in [-0.2, 0) is 4.74 Å². The minimum absolute atomic E-state index is 0.00274. The quantitative estimate of drug-likeness (QED) is 0.794. The highest BCUT2D eigenvalue weighted by atomic mass is 35.5. The summed E-state index contributed by atoms with van der Waals surface area (Å²) in [5.41, 5.74) is 0.301. The van der Waals surface area contributed by atoms with E-state index >= 15 is 0 Å². The molecule has 1 amide bonds. The molecule has 2 atom stereocenters. The molecule has 2 saturated heterocycles. The van der Waals surface area contributed by atoms with Gasteiger partial charge in [-0.05, 0) is 25.2 Å². The topological polar surface area (TPSA) is 32.8 Å². The zero-order valence-corrected chi connectivity index (χ0v) is 12.6. The highest BCUT2D eigenvalue weighted by Gasteiger charge is 2.35. The molecule has 0 saturated carbocycles. The van der Waals surface area contributed by atoms with Crippen LogP contribution < -0.4 is 0 Å². The second-order valence-corrected chi connectivity index (χ2v) is 6.33. The van der Waals surface area contributed by atoms with Gasteiger partial charge in [0.05, 0.1) is 19.3 Å². The predicted molar refractivity (Wildman–Crippen MR) is 78.0 cm³/mol. The monoisotopic (exact) mass is 312 g/mol. The van der Waals surface area contributed by atoms with Crippen molar-refractivity contribution in [2.45, 2.75) is 6.04 Å². The van der Waals surface area contributed by atoms with Crippen molar-refractivity contribution in [3.8, 4) is 0 Å². The van der Waals surface area contributed by atoms with E-state index in [-0.39, 0.29) is 22.9 Å². The number of carbonyl (C=O) groups is 1. The number of ether oxygens (including phenoxy) is 1. The van der Waals surface area contributed by atoms with Crippen LogP contribution in [0.1, 0.15) is 10.4 Å². The number of benzene rings is 1. The standard InChI is InChI=1S/C15H18ClFN2O2/c1-18-5-10-6-19(14(7-18)9-21-8-10)15(20)11-2-12(16)4-13(17)3-11/h2-4,10,14H,5-9H2,1H3/t10-,14-/m0/s1. The highest BCUT2D eigenvalue weighted by Crippen LogP contribution is 2.22. The van der Waals surface area contributed by atoms with Gasteiger partial charge in [0, 0.05) is 36.1 Å². The molecule has 0 aliphatic carbocycles. The Morgan fingerprint density at radius 2 is 2.10 bits per heavy atom. The Morgan fingerprint density at radius 3 is 2.86 bits per heavy atom. The van der Waals surface area contributed by atoms with E-state index in [1.165, 1.54) is 18.2 Å². The van der Waals surface area contributed by atoms with Gasteiger partial charge in [-0.25, -0.2) is 4.39 Å². The van der Waals surface area contributed by atoms with Gasteiger partial charge in [0.1, 0.15) is 5.82 Å². The van der Waals surface area contributed by atoms with Gasteiger partial charge < -0.3 is 14.5 Å². The van der Waals surface area contributed by atoms with Crippen molar-refractivity contribution in [3.63, 3.8) is 0 Å². The number of hydrogen-bond donors (Lipinski definition) is 0. The molecular weight excluding hydrogens is 295 g/mol. The lowest BCUT2D eigenvalue weighted by Crippen LogP contribution is -2.46. The molecular formula is C15H18ClFN2O2. The summed E-state index contributed by atoms with van der Waals surface area (Å²) in [5.74, 6) is -0.375. The van der Waals surface area contributed by atoms with E-state index in [4.69, 9.17) is 16.3 Å². The lowest BCUT2D eigenvalue weighted by Gasteiger charge is -2.29. The maximum absolute atomic E-state index is 13.5. The molecule has 0 radical (unpaired) electrons. The van der Waals surface area contributed by atoms with Crippen LogP contribution >= 0.6 is 11.6 Å². The Labute approximate surface area is 128 Å². The molecule has 1 aromatic rings. The van der Waals surface area contributed by atoms with Crippen LogP contribution in [-0.4, -0.2) is 61.6 Å². The smallest absolute Gasteiger partial charge is 0.254 e. The van der Waals surface area contributed by atoms with E-state index in [1.807, 2.05) is 4.90 Å². The summed E-state index contributed by atoms with van der Waals surface area (Å²) in [6.07, 6.45) is 0. The van der Waals surface area contributed by atoms with E-state index in [2.05, 4.69) is 11.9 Å². The van der Waals surface area contributed by atoms with Crippen molar-refractivity contribution < 1.29 is 13.9 Å². The highest BCUT2D eigenvalue weighted by molar-refractivity contribution is 6.31. The second-order valence-electron chi connectivity index (χ2n) is 5.89. The van der Waals surface area contributed by atoms with E-state index in [1.54, 1.807) is 0 Å². The number of rotatable bonds is 1. The fourth-order valence-corrected chi connectivity index (χ4v) is 3.39. The van der Waals surface area contributed by atoms with Crippen LogP contribution in [0.3, 0.4) is 0 Å². The van der Waals surface area contributed by atoms with Crippen LogP contribution in [0.4, 0.5) is 4.39 Å². The number of likely N-dealkylation sites (N-methyl/N-ethyl adjacent to an activating group) is 1. The summed E-state index contributed by atoms with van der Waals surface area (Å²) in [6, 6.07) is 3.97. The molecule has 3 rings (SSSR count). The Bertz CT molecular complexity index is 534. The van der Waals surface area contributed by atoms with Gasteiger partial charge in [0.15, 0.2) is 0 Å². The Hall–Kier alpha value is -1.17. The molecule has 2 heterocycles. The first-order chi connectivity index (χ1) is 10.0. The normalized spacial score (nSPS) is 26.5. The summed E-state index contributed by atoms with van der Waals surface area (Å²) >= 11 is 5.86. The number of amides is 1. The molecule has 2 aliphatic rings. The van der Waals surface area contributed by atoms with Gasteiger partial charge in [-0.15, -0.1) is 0 Å². The first-order valence-electron chi connectivity index (χ1n) is 7.06. The molecule has 0 aromatic heterocycles. The number of halogens is 2. The molecule has 114 valence electrons. The van der Waals surface area contributed by atoms with Crippen LogP contribution in [0, 0.1) is 11.7 Å². The summed E-state index contributed by atoms with van der Waals surface area (Å²) in [6.45, 7) is 3.50. The third-order valence-electron chi connectivity index (χ3n) is 4.02. The van der Waals surface area contributed by atoms with Gasteiger partial charge in [-0.3, -0.25) is 4.79 Å². The zero-order valence-electron chi connectivity index (χ0n) is 11.9. The van der Waals surface area contributed by atoms with Crippen molar-refractivity contribution in [1.82, 2.24) is 9.80 Å². The van der Waals surface area contributed by atoms with E-state index < -0.39 is 5.82 Å². The summed E-state index contributed by atoms with van der Waals surface area (Å²) in [5, 5.41) is 0.240. The molecule has 4 nitrogen and oxygen atoms in total. The zero-order chi connectivity index (χ0) is 15.0. The first kappa shape index (κ1) is 14.8. The van der Waals surface area contributed by atoms with Crippen LogP contribution in [0.25, 0.3) is 0 Å². The lowest BCUT2D eigenvalue weighted by atomic mass is 10.1. The fourth-order valence-electron chi connectivity index (χ4n) is 3.17. The summed E-state index contributed by atoms with van der Waals surface area (Å²) < 4.78 is 19.1. The van der Waals surface area contributed by atoms with Crippen LogP contribution in [0.15, 0.2) is 18.2 Å². The van der Waals surface area contributed by atoms with E-state index in [0.717, 1.165) is 13.1 Å². The maximum Gasteiger partial charge on any atom is 0.254 e. The Balaban J connectivity index is 1.89. The van der Waals surface area contributed by atoms with Crippen molar-refractivity contribution >= 4 is 17.5 Å². The SMILES string of the molecule is CN1C[C@@H]2COC[C@H](C1)N(C(=O)c1cc(F)cc(Cl)c1)C2. The molecule has 0 N–H and O–H groups in total. The van der Waals surface area contributed by atoms with Crippen molar-refractivity contribution in [1.29, 1.82) is 0 Å². The molecule has 0 unspecified atom stereocenters. The van der Waals surface area contributed by atoms with Gasteiger partial charge in [0.25, 0.3) is 5.91 Å². The van der Waals surface area contributed by atoms with Crippen molar-refractivity contribution in [3.05, 3.63) is 34.6 Å². The molecule has 2 fully saturated rings. The number of fused-ring (bicyclic) bond motifs is 3. The van der Waals surface area contributed by atoms with Gasteiger partial charge in [0.2, 0.25) is 0 Å². The molecule has 1 aromatic carbocycles. The second kappa shape index (κ2) is 5.91. The predicted octanol–water partition coefficient (Wildman–Crippen LogP) is 1.88. The maximum atomic E-state index is 13.5. The number of nitrogens with zero attached hydrogens (tertiary/aromatic N) is 2. The molecule has 2 bridgehead atoms. The minimum Gasteiger partial charge on any atom is -0.379 e. The number of hydrogen-bond acceptors (Lipinski definition) is 3. The van der Waals surface area contributed by atoms with Gasteiger partial charge >= 0.3 is 0 Å². The van der Waals surface area contributed by atoms with Gasteiger partial charge in [-0.2, -0.15) is 0 Å². The molecule has 6 heteroatoms. The van der Waals surface area contributed by atoms with E-state index in [0.29, 0.717) is 25.3 Å². The third-order valence-corrected chi connectivity index (χ3v) is 4.24. The summed E-state index contributed by atoms with van der Waals surface area (Å²) in [7, 11) is 2.05. The first-order valence-corrected chi connectivity index (χ1v) is 7.44. The third kappa shape index (κ3) is 3.20. The average Bonchev–Trinajstić information content (AvgIpc) is 2.66. The largest absolute Gasteiger partial charge is 0.379 e. The fraction of sp³-hybridized carbons (Fsp3) is 0.533. The Morgan fingerprint density at radius 1 is 1.29 bits per heavy atom. The van der Waals surface area contributed by atoms with Crippen molar-refractivity contribution in [2.24, 2.45) is 5.92 Å². The molecule has 2 aliphatic heterocycles. The van der Waals surface area contributed by atoms with Crippen molar-refractivity contribution in [2.75, 3.05) is 39.9 Å². The average molecular weight is 313 g/mol. The minimum atomic E-state index is -0.489. The molecule has 0 spiro atoms. The number of carbonyl (C=O) groups excluding carboxylic acids is 1. The van der Waals surface area contributed by atoms with Gasteiger partial charge in [-0.1, -0.05) is 11.6 Å². The van der Waals surface area contributed by atoms with Crippen LogP contribution in [0.2, 0.25) is 5.02 Å². The van der Waals surface area contributed by atoms with E-state index in [9.17, 15) is 9.18 Å². The Kier molecular flexibility index (Phi) is 4.15. The molecule has 21 heavy (non-hydrogen) atoms. The lowest BCUT2D eigenvalue weighted by molar-refractivity contribution is 0.0483. The summed E-state index contributed by atoms with van der Waals surface area (Å²) in [4.78, 5) is 16.8. The van der Waals surface area contributed by atoms with Crippen LogP contribution in [0.5, 0.6) is 0 Å².